The first-order valence-corrected chi connectivity index (χ1v) is 29.3. The number of aromatic nitrogens is 2. The number of nitrogens with one attached hydrogen (secondary N) is 6. The van der Waals surface area contributed by atoms with Gasteiger partial charge in [0.2, 0.25) is 29.5 Å². The zero-order chi connectivity index (χ0) is 65.4. The summed E-state index contributed by atoms with van der Waals surface area (Å²) in [5, 5.41) is 27.4. The summed E-state index contributed by atoms with van der Waals surface area (Å²) in [6, 6.07) is 7.67. The third kappa shape index (κ3) is 14.0. The lowest BCUT2D eigenvalue weighted by Crippen LogP contribution is -2.57. The van der Waals surface area contributed by atoms with E-state index in [1.807, 2.05) is 0 Å². The van der Waals surface area contributed by atoms with Crippen LogP contribution in [0.4, 0.5) is 9.18 Å². The number of carbonyl (C=O) groups excluding carboxylic acids is 11. The number of rotatable bonds is 22. The molecule has 5 heterocycles. The molecular formula is C62H71FN10O17. The molecule has 9 rings (SSSR count). The van der Waals surface area contributed by atoms with Gasteiger partial charge in [0.1, 0.15) is 54.6 Å². The van der Waals surface area contributed by atoms with Gasteiger partial charge in [0, 0.05) is 41.2 Å². The van der Waals surface area contributed by atoms with E-state index in [9.17, 15) is 62.6 Å². The molecule has 5 aliphatic rings. The molecule has 478 valence electrons. The standard InChI is InChI=1S/C62H71FN10O17/c1-9-62(86)37-22-42-52-35(27-72(42)55(82)36(37)30-87-57(62)84)51-39(16-15-34-32(2)38(63)23-40(69-52)50(34)51)70-56(83)61(19-20-61)88-31-67-45(75)25-65-53(80)41(21-33-13-11-10-12-14-33)68-46(76)26-64-44(74)24-66-54(81)43(73-47(77)17-18-48(73)78)28-71(58(85)90-60(6,7)8)29-49(79)89-59(3,4)5/h10-14,17-18,22-23,39,41,43,86H,9,15-16,19-21,24-31H2,1-8H3,(H,64,74)(H,65,80)(H,66,81)(H,67,75)(H,68,76)(H,70,83)/t39-,41-,43-,62-/m0/s1. The molecule has 28 heteroatoms. The lowest BCUT2D eigenvalue weighted by Gasteiger charge is -2.32. The van der Waals surface area contributed by atoms with Crippen LogP contribution in [0, 0.1) is 12.7 Å². The molecule has 0 bridgehead atoms. The third-order valence-corrected chi connectivity index (χ3v) is 15.9. The maximum absolute atomic E-state index is 15.5. The molecule has 7 N–H and O–H groups in total. The van der Waals surface area contributed by atoms with Crippen LogP contribution in [-0.2, 0) is 98.5 Å². The molecule has 27 nitrogen and oxygen atoms in total. The molecule has 0 spiro atoms. The minimum absolute atomic E-state index is 0.0292. The van der Waals surface area contributed by atoms with Gasteiger partial charge in [-0.2, -0.15) is 0 Å². The molecule has 2 aliphatic carbocycles. The zero-order valence-corrected chi connectivity index (χ0v) is 51.0. The molecule has 3 aliphatic heterocycles. The Hall–Kier alpha value is -9.44. The molecule has 9 amide bonds. The van der Waals surface area contributed by atoms with Gasteiger partial charge < -0.3 is 60.5 Å². The Labute approximate surface area is 515 Å². The summed E-state index contributed by atoms with van der Waals surface area (Å²) < 4.78 is 39.1. The van der Waals surface area contributed by atoms with E-state index < -0.39 is 157 Å². The summed E-state index contributed by atoms with van der Waals surface area (Å²) in [6.07, 6.45) is 1.90. The fourth-order valence-corrected chi connectivity index (χ4v) is 11.2. The number of ether oxygens (including phenoxy) is 4. The van der Waals surface area contributed by atoms with Crippen LogP contribution in [0.2, 0.25) is 0 Å². The van der Waals surface area contributed by atoms with Gasteiger partial charge in [-0.3, -0.25) is 57.7 Å². The van der Waals surface area contributed by atoms with Crippen molar-refractivity contribution in [2.45, 2.75) is 148 Å². The smallest absolute Gasteiger partial charge is 0.410 e. The molecular weight excluding hydrogens is 1180 g/mol. The van der Waals surface area contributed by atoms with Gasteiger partial charge in [-0.25, -0.2) is 19.0 Å². The van der Waals surface area contributed by atoms with Crippen molar-refractivity contribution >= 4 is 76.2 Å². The summed E-state index contributed by atoms with van der Waals surface area (Å²) in [4.78, 5) is 166. The number of fused-ring (bicyclic) bond motifs is 5. The molecule has 2 aromatic carbocycles. The Bertz CT molecular complexity index is 3740. The average Bonchev–Trinajstić information content (AvgIpc) is 1.45. The predicted molar refractivity (Wildman–Crippen MR) is 314 cm³/mol. The predicted octanol–water partition coefficient (Wildman–Crippen LogP) is 1.20. The van der Waals surface area contributed by atoms with Crippen LogP contribution in [0.15, 0.2) is 59.4 Å². The van der Waals surface area contributed by atoms with Crippen LogP contribution < -0.4 is 37.5 Å². The van der Waals surface area contributed by atoms with Crippen LogP contribution in [-0.4, -0.2) is 158 Å². The van der Waals surface area contributed by atoms with E-state index in [0.29, 0.717) is 80.7 Å². The Balaban J connectivity index is 0.793. The normalized spacial score (nSPS) is 18.2. The summed E-state index contributed by atoms with van der Waals surface area (Å²) in [5.74, 6) is -8.98. The second kappa shape index (κ2) is 25.6. The highest BCUT2D eigenvalue weighted by Crippen LogP contribution is 2.47. The average molecular weight is 1250 g/mol. The number of halogens is 1. The maximum Gasteiger partial charge on any atom is 0.410 e. The SMILES string of the molecule is CC[C@@]1(O)C(=O)OCc2c1cc1n(c2=O)Cc2c-1nc1cc(F)c(C)c3c1c2[C@@H](NC(=O)C1(OCNC(=O)CNC(=O)[C@H](Cc2ccccc2)NC(=O)CNC(=O)CNC(=O)[C@H](CN(CC(=O)OC(C)(C)C)C(=O)OC(C)(C)C)N2C(=O)C=CC2=O)CC1)CC3. The van der Waals surface area contributed by atoms with Gasteiger partial charge in [0.05, 0.1) is 61.2 Å². The van der Waals surface area contributed by atoms with Crippen LogP contribution in [0.3, 0.4) is 0 Å². The molecule has 1 saturated carbocycles. The minimum atomic E-state index is -2.08. The summed E-state index contributed by atoms with van der Waals surface area (Å²) >= 11 is 0. The summed E-state index contributed by atoms with van der Waals surface area (Å²) in [7, 11) is 0. The Morgan fingerprint density at radius 3 is 2.12 bits per heavy atom. The summed E-state index contributed by atoms with van der Waals surface area (Å²) in [5.41, 5.74) is -1.79. The monoisotopic (exact) mass is 1250 g/mol. The van der Waals surface area contributed by atoms with Crippen molar-refractivity contribution in [2.24, 2.45) is 0 Å². The number of pyridine rings is 2. The van der Waals surface area contributed by atoms with Crippen LogP contribution >= 0.6 is 0 Å². The Morgan fingerprint density at radius 1 is 0.833 bits per heavy atom. The fourth-order valence-electron chi connectivity index (χ4n) is 11.2. The zero-order valence-electron chi connectivity index (χ0n) is 51.0. The fraction of sp³-hybridized carbons (Fsp3) is 0.468. The first-order valence-electron chi connectivity index (χ1n) is 29.3. The highest BCUT2D eigenvalue weighted by Gasteiger charge is 2.53. The number of hydrogen-bond donors (Lipinski definition) is 7. The molecule has 4 atom stereocenters. The van der Waals surface area contributed by atoms with E-state index in [2.05, 4.69) is 31.9 Å². The van der Waals surface area contributed by atoms with Gasteiger partial charge in [0.15, 0.2) is 5.60 Å². The molecule has 2 aromatic heterocycles. The second-order valence-electron chi connectivity index (χ2n) is 24.6. The van der Waals surface area contributed by atoms with E-state index >= 15 is 4.39 Å². The minimum Gasteiger partial charge on any atom is -0.459 e. The van der Waals surface area contributed by atoms with E-state index in [-0.39, 0.29) is 37.1 Å². The first-order chi connectivity index (χ1) is 42.4. The van der Waals surface area contributed by atoms with E-state index in [4.69, 9.17) is 23.9 Å². The van der Waals surface area contributed by atoms with E-state index in [0.717, 1.165) is 17.1 Å². The number of cyclic esters (lactones) is 1. The number of aryl methyl sites for hydroxylation is 1. The van der Waals surface area contributed by atoms with Crippen molar-refractivity contribution in [3.05, 3.63) is 110 Å². The van der Waals surface area contributed by atoms with Gasteiger partial charge in [-0.05, 0) is 109 Å². The van der Waals surface area contributed by atoms with Gasteiger partial charge >= 0.3 is 18.0 Å². The third-order valence-electron chi connectivity index (χ3n) is 15.9. The number of aliphatic hydroxyl groups is 1. The van der Waals surface area contributed by atoms with Crippen LogP contribution in [0.25, 0.3) is 22.3 Å². The highest BCUT2D eigenvalue weighted by molar-refractivity contribution is 6.15. The van der Waals surface area contributed by atoms with Crippen LogP contribution in [0.5, 0.6) is 0 Å². The number of carbonyl (C=O) groups is 11. The van der Waals surface area contributed by atoms with Gasteiger partial charge in [-0.15, -0.1) is 0 Å². The van der Waals surface area contributed by atoms with Crippen molar-refractivity contribution in [1.82, 2.24) is 51.3 Å². The number of imide groups is 1. The molecule has 90 heavy (non-hydrogen) atoms. The Morgan fingerprint density at radius 2 is 1.48 bits per heavy atom. The lowest BCUT2D eigenvalue weighted by atomic mass is 9.81. The summed E-state index contributed by atoms with van der Waals surface area (Å²) in [6.45, 7) is 8.32. The van der Waals surface area contributed by atoms with Crippen molar-refractivity contribution in [3.63, 3.8) is 0 Å². The lowest BCUT2D eigenvalue weighted by molar-refractivity contribution is -0.172. The van der Waals surface area contributed by atoms with E-state index in [1.54, 1.807) is 91.8 Å². The number of amides is 9. The highest BCUT2D eigenvalue weighted by atomic mass is 19.1. The van der Waals surface area contributed by atoms with Crippen molar-refractivity contribution in [1.29, 1.82) is 0 Å². The number of esters is 2. The van der Waals surface area contributed by atoms with Gasteiger partial charge in [-0.1, -0.05) is 37.3 Å². The van der Waals surface area contributed by atoms with Crippen molar-refractivity contribution < 1.29 is 81.2 Å². The van der Waals surface area contributed by atoms with Crippen LogP contribution in [0.1, 0.15) is 119 Å². The first kappa shape index (κ1) is 65.0. The maximum atomic E-state index is 15.5. The van der Waals surface area contributed by atoms with Crippen molar-refractivity contribution in [3.8, 4) is 11.4 Å². The van der Waals surface area contributed by atoms with E-state index in [1.165, 1.54) is 10.6 Å². The number of benzene rings is 2. The molecule has 4 aromatic rings. The Kier molecular flexibility index (Phi) is 18.5. The van der Waals surface area contributed by atoms with Crippen molar-refractivity contribution in [2.75, 3.05) is 39.5 Å². The molecule has 0 radical (unpaired) electrons. The largest absolute Gasteiger partial charge is 0.459 e. The molecule has 0 saturated heterocycles. The number of nitrogens with zero attached hydrogens (tertiary/aromatic N) is 4. The molecule has 1 fully saturated rings. The molecule has 0 unspecified atom stereocenters. The van der Waals surface area contributed by atoms with Gasteiger partial charge in [0.25, 0.3) is 23.3 Å². The number of hydrogen-bond acceptors (Lipinski definition) is 18. The quantitative estimate of drug-likeness (QED) is 0.0222. The topological polar surface area (TPSA) is 358 Å². The second-order valence-corrected chi connectivity index (χ2v) is 24.6.